The number of aliphatic hydroxyl groups excluding tert-OH is 1. The Morgan fingerprint density at radius 2 is 1.88 bits per heavy atom. The van der Waals surface area contributed by atoms with E-state index < -0.39 is 10.0 Å². The summed E-state index contributed by atoms with van der Waals surface area (Å²) in [7, 11) is -3.12. The minimum Gasteiger partial charge on any atom is -0.392 e. The van der Waals surface area contributed by atoms with Gasteiger partial charge in [0.2, 0.25) is 10.0 Å². The summed E-state index contributed by atoms with van der Waals surface area (Å²) in [6, 6.07) is 9.87. The number of anilines is 1. The third-order valence-electron chi connectivity index (χ3n) is 6.41. The highest BCUT2D eigenvalue weighted by atomic mass is 32.2. The van der Waals surface area contributed by atoms with Crippen LogP contribution >= 0.6 is 11.3 Å². The number of fused-ring (bicyclic) bond motifs is 1. The number of morpholine rings is 1. The van der Waals surface area contributed by atoms with Gasteiger partial charge in [-0.15, -0.1) is 11.3 Å². The lowest BCUT2D eigenvalue weighted by Gasteiger charge is -2.30. The second kappa shape index (κ2) is 9.84. The molecule has 2 fully saturated rings. The molecule has 0 aliphatic carbocycles. The Kier molecular flexibility index (Phi) is 6.83. The number of quaternary nitrogens is 1. The van der Waals surface area contributed by atoms with Gasteiger partial charge in [0.1, 0.15) is 6.54 Å². The van der Waals surface area contributed by atoms with Crippen molar-refractivity contribution in [2.24, 2.45) is 0 Å². The molecule has 0 atom stereocenters. The van der Waals surface area contributed by atoms with Crippen molar-refractivity contribution in [3.8, 4) is 11.4 Å². The Morgan fingerprint density at radius 3 is 2.59 bits per heavy atom. The van der Waals surface area contributed by atoms with E-state index >= 15 is 0 Å². The molecule has 0 unspecified atom stereocenters. The molecule has 0 spiro atoms. The topological polar surface area (TPSA) is 100 Å². The summed E-state index contributed by atoms with van der Waals surface area (Å²) in [5, 5.41) is 9.56. The van der Waals surface area contributed by atoms with Crippen LogP contribution in [0.5, 0.6) is 0 Å². The number of piperazine rings is 1. The molecule has 0 bridgehead atoms. The number of sulfonamides is 1. The molecule has 2 aliphatic heterocycles. The van der Waals surface area contributed by atoms with Gasteiger partial charge in [0.15, 0.2) is 11.6 Å². The SMILES string of the molecule is CS(=O)(=O)N1CC[NH+](Cc2cc3nc(-c4cccc(CO)c4)nc(N4CCOCC4)c3s2)CC1. The van der Waals surface area contributed by atoms with Crippen molar-refractivity contribution in [2.75, 3.05) is 63.6 Å². The predicted octanol–water partition coefficient (Wildman–Crippen LogP) is 0.347. The highest BCUT2D eigenvalue weighted by Gasteiger charge is 2.27. The van der Waals surface area contributed by atoms with Crippen LogP contribution in [0.15, 0.2) is 30.3 Å². The van der Waals surface area contributed by atoms with E-state index in [0.717, 1.165) is 59.9 Å². The van der Waals surface area contributed by atoms with Gasteiger partial charge in [-0.1, -0.05) is 18.2 Å². The van der Waals surface area contributed by atoms with Gasteiger partial charge in [0.05, 0.1) is 67.3 Å². The summed E-state index contributed by atoms with van der Waals surface area (Å²) in [6.45, 7) is 6.45. The number of aliphatic hydroxyl groups is 1. The molecule has 0 radical (unpaired) electrons. The fourth-order valence-electron chi connectivity index (χ4n) is 4.54. The molecule has 1 aromatic carbocycles. The lowest BCUT2D eigenvalue weighted by atomic mass is 10.1. The van der Waals surface area contributed by atoms with Crippen LogP contribution in [0.4, 0.5) is 5.82 Å². The fraction of sp³-hybridized carbons (Fsp3) is 0.478. The number of hydrogen-bond donors (Lipinski definition) is 2. The quantitative estimate of drug-likeness (QED) is 0.500. The van der Waals surface area contributed by atoms with E-state index in [0.29, 0.717) is 32.1 Å². The molecule has 2 N–H and O–H groups in total. The highest BCUT2D eigenvalue weighted by molar-refractivity contribution is 7.88. The van der Waals surface area contributed by atoms with Crippen molar-refractivity contribution in [1.82, 2.24) is 14.3 Å². The Bertz CT molecular complexity index is 1270. The Morgan fingerprint density at radius 1 is 1.12 bits per heavy atom. The van der Waals surface area contributed by atoms with E-state index in [1.165, 1.54) is 16.0 Å². The number of nitrogens with zero attached hydrogens (tertiary/aromatic N) is 4. The van der Waals surface area contributed by atoms with Gasteiger partial charge >= 0.3 is 0 Å². The third kappa shape index (κ3) is 5.09. The summed E-state index contributed by atoms with van der Waals surface area (Å²) >= 11 is 1.73. The first kappa shape index (κ1) is 23.6. The zero-order valence-corrected chi connectivity index (χ0v) is 20.9. The molecule has 4 heterocycles. The van der Waals surface area contributed by atoms with E-state index in [-0.39, 0.29) is 6.61 Å². The zero-order chi connectivity index (χ0) is 23.7. The first-order valence-corrected chi connectivity index (χ1v) is 14.2. The third-order valence-corrected chi connectivity index (χ3v) is 8.83. The first-order valence-electron chi connectivity index (χ1n) is 11.5. The van der Waals surface area contributed by atoms with Gasteiger partial charge in [0, 0.05) is 18.7 Å². The summed E-state index contributed by atoms with van der Waals surface area (Å²) < 4.78 is 31.8. The number of hydrogen-bond acceptors (Lipinski definition) is 8. The summed E-state index contributed by atoms with van der Waals surface area (Å²) in [4.78, 5) is 14.7. The molecule has 2 aromatic heterocycles. The predicted molar refractivity (Wildman–Crippen MR) is 133 cm³/mol. The standard InChI is InChI=1S/C23H29N5O4S2/c1-34(30,31)28-7-5-26(6-8-28)15-19-14-20-21(33-19)23(27-9-11-32-12-10-27)25-22(24-20)18-4-2-3-17(13-18)16-29/h2-4,13-14,29H,5-12,15-16H2,1H3/p+1. The number of nitrogens with one attached hydrogen (secondary N) is 1. The van der Waals surface area contributed by atoms with E-state index in [1.54, 1.807) is 15.6 Å². The largest absolute Gasteiger partial charge is 0.392 e. The van der Waals surface area contributed by atoms with Crippen LogP contribution in [0, 0.1) is 0 Å². The van der Waals surface area contributed by atoms with E-state index in [1.807, 2.05) is 24.3 Å². The molecule has 0 amide bonds. The van der Waals surface area contributed by atoms with Gasteiger partial charge in [0.25, 0.3) is 0 Å². The van der Waals surface area contributed by atoms with E-state index in [9.17, 15) is 13.5 Å². The smallest absolute Gasteiger partial charge is 0.211 e. The number of thiophene rings is 1. The lowest BCUT2D eigenvalue weighted by molar-refractivity contribution is -0.917. The maximum Gasteiger partial charge on any atom is 0.211 e. The van der Waals surface area contributed by atoms with Crippen LogP contribution in [0.2, 0.25) is 0 Å². The summed E-state index contributed by atoms with van der Waals surface area (Å²) in [5.74, 6) is 1.59. The molecule has 2 aliphatic rings. The van der Waals surface area contributed by atoms with Crippen LogP contribution in [-0.2, 0) is 27.9 Å². The van der Waals surface area contributed by atoms with Crippen LogP contribution < -0.4 is 9.80 Å². The lowest BCUT2D eigenvalue weighted by Crippen LogP contribution is -3.13. The highest BCUT2D eigenvalue weighted by Crippen LogP contribution is 2.34. The molecule has 2 saturated heterocycles. The van der Waals surface area contributed by atoms with Gasteiger partial charge < -0.3 is 19.6 Å². The van der Waals surface area contributed by atoms with Crippen LogP contribution in [0.1, 0.15) is 10.4 Å². The van der Waals surface area contributed by atoms with Crippen molar-refractivity contribution in [2.45, 2.75) is 13.2 Å². The van der Waals surface area contributed by atoms with E-state index in [4.69, 9.17) is 14.7 Å². The number of aromatic nitrogens is 2. The van der Waals surface area contributed by atoms with Gasteiger partial charge in [-0.2, -0.15) is 4.31 Å². The van der Waals surface area contributed by atoms with Crippen molar-refractivity contribution in [1.29, 1.82) is 0 Å². The Hall–Kier alpha value is -2.15. The number of benzene rings is 1. The first-order chi connectivity index (χ1) is 16.4. The van der Waals surface area contributed by atoms with Crippen molar-refractivity contribution in [3.05, 3.63) is 40.8 Å². The summed E-state index contributed by atoms with van der Waals surface area (Å²) in [5.41, 5.74) is 2.64. The maximum absolute atomic E-state index is 11.8. The molecular formula is C23H30N5O4S2+. The molecule has 11 heteroatoms. The average molecular weight is 505 g/mol. The van der Waals surface area contributed by atoms with Crippen molar-refractivity contribution in [3.63, 3.8) is 0 Å². The minimum atomic E-state index is -3.12. The van der Waals surface area contributed by atoms with Gasteiger partial charge in [-0.25, -0.2) is 18.4 Å². The normalized spacial score (nSPS) is 18.6. The zero-order valence-electron chi connectivity index (χ0n) is 19.2. The molecule has 5 rings (SSSR count). The summed E-state index contributed by atoms with van der Waals surface area (Å²) in [6.07, 6.45) is 1.28. The molecular weight excluding hydrogens is 474 g/mol. The second-order valence-corrected chi connectivity index (χ2v) is 12.0. The van der Waals surface area contributed by atoms with E-state index in [2.05, 4.69) is 11.0 Å². The van der Waals surface area contributed by atoms with Crippen LogP contribution in [0.25, 0.3) is 21.6 Å². The van der Waals surface area contributed by atoms with Gasteiger partial charge in [-0.05, 0) is 17.7 Å². The molecule has 9 nitrogen and oxygen atoms in total. The molecule has 34 heavy (non-hydrogen) atoms. The van der Waals surface area contributed by atoms with Crippen molar-refractivity contribution >= 4 is 37.4 Å². The Labute approximate surface area is 203 Å². The van der Waals surface area contributed by atoms with Crippen LogP contribution in [-0.4, -0.2) is 86.5 Å². The number of rotatable bonds is 6. The molecule has 3 aromatic rings. The van der Waals surface area contributed by atoms with Gasteiger partial charge in [-0.3, -0.25) is 0 Å². The van der Waals surface area contributed by atoms with Crippen LogP contribution in [0.3, 0.4) is 0 Å². The Balaban J connectivity index is 1.46. The molecule has 0 saturated carbocycles. The maximum atomic E-state index is 11.8. The average Bonchev–Trinajstić information content (AvgIpc) is 3.26. The monoisotopic (exact) mass is 504 g/mol. The second-order valence-electron chi connectivity index (χ2n) is 8.84. The fourth-order valence-corrected chi connectivity index (χ4v) is 6.57. The van der Waals surface area contributed by atoms with Crippen molar-refractivity contribution < 1.29 is 23.2 Å². The minimum absolute atomic E-state index is 0.0234. The number of ether oxygens (including phenoxy) is 1. The molecule has 182 valence electrons.